The van der Waals surface area contributed by atoms with Crippen molar-refractivity contribution in [1.82, 2.24) is 0 Å². The van der Waals surface area contributed by atoms with Gasteiger partial charge in [0, 0.05) is 30.5 Å². The summed E-state index contributed by atoms with van der Waals surface area (Å²) in [5.74, 6) is 0. The van der Waals surface area contributed by atoms with Crippen LogP contribution in [0.1, 0.15) is 57.6 Å². The average molecular weight is 388 g/mol. The van der Waals surface area contributed by atoms with E-state index < -0.39 is 12.6 Å². The van der Waals surface area contributed by atoms with E-state index in [9.17, 15) is 13.2 Å². The molecule has 0 fully saturated rings. The van der Waals surface area contributed by atoms with Crippen LogP contribution >= 0.6 is 0 Å². The van der Waals surface area contributed by atoms with Gasteiger partial charge in [0.05, 0.1) is 5.69 Å². The first-order valence-electron chi connectivity index (χ1n) is 9.37. The third kappa shape index (κ3) is 6.63. The molecule has 0 unspecified atom stereocenters. The molecule has 1 aliphatic rings. The minimum atomic E-state index is -4.15. The summed E-state index contributed by atoms with van der Waals surface area (Å²) >= 11 is 0. The highest BCUT2D eigenvalue weighted by atomic mass is 19.4. The van der Waals surface area contributed by atoms with Gasteiger partial charge in [0.2, 0.25) is 0 Å². The fourth-order valence-electron chi connectivity index (χ4n) is 2.97. The standard InChI is InChI=1S/C23H27F3N2/c1-15(2)16(3)11-20(7-6-10-23(24,25)26)28-21-8-9-22(17(4)12-21)19-13-18(5)27-14-19/h8-9,11-12,14H,1,6-7,10,13H2,2-5H3/b16-11+,28-20?. The first-order valence-corrected chi connectivity index (χ1v) is 9.37. The topological polar surface area (TPSA) is 24.7 Å². The van der Waals surface area contributed by atoms with E-state index in [1.54, 1.807) is 0 Å². The molecule has 2 nitrogen and oxygen atoms in total. The molecule has 0 saturated carbocycles. The Balaban J connectivity index is 2.25. The number of rotatable bonds is 7. The van der Waals surface area contributed by atoms with Gasteiger partial charge in [0.15, 0.2) is 0 Å². The van der Waals surface area contributed by atoms with Crippen LogP contribution in [0.5, 0.6) is 0 Å². The van der Waals surface area contributed by atoms with Gasteiger partial charge in [-0.05, 0) is 81.0 Å². The number of allylic oxidation sites excluding steroid dienone is 4. The third-order valence-electron chi connectivity index (χ3n) is 4.67. The van der Waals surface area contributed by atoms with Crippen molar-refractivity contribution < 1.29 is 13.2 Å². The van der Waals surface area contributed by atoms with E-state index in [2.05, 4.69) is 16.6 Å². The summed E-state index contributed by atoms with van der Waals surface area (Å²) in [4.78, 5) is 8.96. The zero-order chi connectivity index (χ0) is 20.9. The monoisotopic (exact) mass is 388 g/mol. The number of aliphatic imine (C=N–C) groups is 2. The number of hydrogen-bond donors (Lipinski definition) is 0. The molecule has 0 saturated heterocycles. The van der Waals surface area contributed by atoms with Crippen LogP contribution in [0.25, 0.3) is 5.57 Å². The van der Waals surface area contributed by atoms with Crippen molar-refractivity contribution in [2.45, 2.75) is 59.6 Å². The van der Waals surface area contributed by atoms with Crippen LogP contribution < -0.4 is 0 Å². The van der Waals surface area contributed by atoms with Gasteiger partial charge in [-0.3, -0.25) is 9.98 Å². The number of aryl methyl sites for hydroxylation is 1. The quantitative estimate of drug-likeness (QED) is 0.341. The van der Waals surface area contributed by atoms with Crippen molar-refractivity contribution in [3.63, 3.8) is 0 Å². The van der Waals surface area contributed by atoms with E-state index in [-0.39, 0.29) is 12.8 Å². The molecular weight excluding hydrogens is 361 g/mol. The highest BCUT2D eigenvalue weighted by Crippen LogP contribution is 2.29. The summed E-state index contributed by atoms with van der Waals surface area (Å²) in [7, 11) is 0. The molecule has 150 valence electrons. The molecule has 0 aliphatic carbocycles. The van der Waals surface area contributed by atoms with Crippen LogP contribution in [0.4, 0.5) is 18.9 Å². The Morgan fingerprint density at radius 3 is 2.50 bits per heavy atom. The maximum absolute atomic E-state index is 12.5. The zero-order valence-corrected chi connectivity index (χ0v) is 17.0. The lowest BCUT2D eigenvalue weighted by Crippen LogP contribution is -2.08. The molecule has 28 heavy (non-hydrogen) atoms. The maximum Gasteiger partial charge on any atom is 0.389 e. The fourth-order valence-corrected chi connectivity index (χ4v) is 2.97. The number of benzene rings is 1. The Hall–Kier alpha value is -2.43. The second-order valence-corrected chi connectivity index (χ2v) is 7.37. The normalized spacial score (nSPS) is 15.5. The molecule has 1 aromatic carbocycles. The van der Waals surface area contributed by atoms with Crippen molar-refractivity contribution >= 4 is 22.7 Å². The van der Waals surface area contributed by atoms with Gasteiger partial charge >= 0.3 is 6.18 Å². The van der Waals surface area contributed by atoms with Gasteiger partial charge in [0.25, 0.3) is 0 Å². The zero-order valence-electron chi connectivity index (χ0n) is 17.0. The van der Waals surface area contributed by atoms with Gasteiger partial charge in [-0.15, -0.1) is 0 Å². The van der Waals surface area contributed by atoms with Gasteiger partial charge in [-0.1, -0.05) is 18.2 Å². The molecule has 0 radical (unpaired) electrons. The van der Waals surface area contributed by atoms with E-state index in [4.69, 9.17) is 0 Å². The lowest BCUT2D eigenvalue weighted by Gasteiger charge is -2.10. The summed E-state index contributed by atoms with van der Waals surface area (Å²) in [6.07, 6.45) is -0.109. The van der Waals surface area contributed by atoms with Crippen LogP contribution in [0.15, 0.2) is 58.2 Å². The lowest BCUT2D eigenvalue weighted by molar-refractivity contribution is -0.135. The Kier molecular flexibility index (Phi) is 7.17. The van der Waals surface area contributed by atoms with Crippen LogP contribution in [-0.4, -0.2) is 17.6 Å². The van der Waals surface area contributed by atoms with Crippen molar-refractivity contribution in [3.8, 4) is 0 Å². The molecule has 0 aromatic heterocycles. The Bertz CT molecular complexity index is 868. The van der Waals surface area contributed by atoms with E-state index in [0.29, 0.717) is 5.71 Å². The van der Waals surface area contributed by atoms with Gasteiger partial charge < -0.3 is 0 Å². The molecule has 0 spiro atoms. The van der Waals surface area contributed by atoms with Crippen molar-refractivity contribution in [2.75, 3.05) is 0 Å². The van der Waals surface area contributed by atoms with Gasteiger partial charge in [-0.25, -0.2) is 0 Å². The van der Waals surface area contributed by atoms with E-state index in [0.717, 1.165) is 40.1 Å². The SMILES string of the molecule is C=C(C)/C(C)=C/C(CCCC(F)(F)F)=Nc1ccc(C2=CN=C(C)C2)c(C)c1. The van der Waals surface area contributed by atoms with Crippen molar-refractivity contribution in [2.24, 2.45) is 9.98 Å². The summed E-state index contributed by atoms with van der Waals surface area (Å²) in [6, 6.07) is 5.89. The van der Waals surface area contributed by atoms with Crippen LogP contribution in [0, 0.1) is 6.92 Å². The predicted molar refractivity (Wildman–Crippen MR) is 112 cm³/mol. The van der Waals surface area contributed by atoms with Crippen molar-refractivity contribution in [3.05, 3.63) is 59.3 Å². The number of nitrogens with zero attached hydrogens (tertiary/aromatic N) is 2. The highest BCUT2D eigenvalue weighted by Gasteiger charge is 2.26. The van der Waals surface area contributed by atoms with E-state index >= 15 is 0 Å². The molecule has 1 heterocycles. The molecule has 1 aliphatic heterocycles. The summed E-state index contributed by atoms with van der Waals surface area (Å²) in [5.41, 5.74) is 7.64. The van der Waals surface area contributed by atoms with E-state index in [1.807, 2.05) is 58.2 Å². The molecule has 0 N–H and O–H groups in total. The third-order valence-corrected chi connectivity index (χ3v) is 4.67. The number of hydrogen-bond acceptors (Lipinski definition) is 2. The summed E-state index contributed by atoms with van der Waals surface area (Å²) in [5, 5.41) is 0. The molecule has 0 amide bonds. The summed E-state index contributed by atoms with van der Waals surface area (Å²) in [6.45, 7) is 11.7. The smallest absolute Gasteiger partial charge is 0.265 e. The molecule has 2 rings (SSSR count). The largest absolute Gasteiger partial charge is 0.389 e. The van der Waals surface area contributed by atoms with Crippen LogP contribution in [-0.2, 0) is 0 Å². The second kappa shape index (κ2) is 9.18. The predicted octanol–water partition coefficient (Wildman–Crippen LogP) is 7.53. The minimum Gasteiger partial charge on any atom is -0.265 e. The van der Waals surface area contributed by atoms with E-state index in [1.165, 1.54) is 5.57 Å². The Morgan fingerprint density at radius 2 is 1.96 bits per heavy atom. The minimum absolute atomic E-state index is 0.0167. The van der Waals surface area contributed by atoms with Gasteiger partial charge in [0.1, 0.15) is 0 Å². The lowest BCUT2D eigenvalue weighted by atomic mass is 9.98. The molecule has 0 atom stereocenters. The first kappa shape index (κ1) is 21.9. The van der Waals surface area contributed by atoms with Crippen molar-refractivity contribution in [1.29, 1.82) is 0 Å². The highest BCUT2D eigenvalue weighted by molar-refractivity contribution is 5.98. The molecule has 1 aromatic rings. The number of alkyl halides is 3. The van der Waals surface area contributed by atoms with Crippen LogP contribution in [0.3, 0.4) is 0 Å². The molecule has 5 heteroatoms. The number of halogens is 3. The Labute approximate surface area is 165 Å². The summed E-state index contributed by atoms with van der Waals surface area (Å²) < 4.78 is 37.5. The average Bonchev–Trinajstić information content (AvgIpc) is 2.99. The maximum atomic E-state index is 12.5. The first-order chi connectivity index (χ1) is 13.0. The molecular formula is C23H27F3N2. The Morgan fingerprint density at radius 1 is 1.25 bits per heavy atom. The molecule has 0 bridgehead atoms. The second-order valence-electron chi connectivity index (χ2n) is 7.37. The van der Waals surface area contributed by atoms with Gasteiger partial charge in [-0.2, -0.15) is 13.2 Å². The fraction of sp³-hybridized carbons (Fsp3) is 0.391. The van der Waals surface area contributed by atoms with Crippen LogP contribution in [0.2, 0.25) is 0 Å².